The van der Waals surface area contributed by atoms with Crippen molar-refractivity contribution in [3.05, 3.63) is 28.8 Å². The van der Waals surface area contributed by atoms with Crippen molar-refractivity contribution < 1.29 is 22.8 Å². The van der Waals surface area contributed by atoms with Gasteiger partial charge in [0.25, 0.3) is 0 Å². The van der Waals surface area contributed by atoms with Crippen molar-refractivity contribution in [1.82, 2.24) is 4.90 Å². The molecule has 3 N–H and O–H groups in total. The third kappa shape index (κ3) is 7.09. The first-order valence-corrected chi connectivity index (χ1v) is 7.61. The van der Waals surface area contributed by atoms with Gasteiger partial charge in [-0.3, -0.25) is 9.59 Å². The van der Waals surface area contributed by atoms with Gasteiger partial charge in [0.1, 0.15) is 0 Å². The molecule has 1 aromatic carbocycles. The second kappa shape index (κ2) is 9.84. The molecule has 2 amide bonds. The van der Waals surface area contributed by atoms with Crippen LogP contribution in [0.2, 0.25) is 5.02 Å². The second-order valence-corrected chi connectivity index (χ2v) is 5.74. The number of benzene rings is 1. The zero-order chi connectivity index (χ0) is 18.5. The highest BCUT2D eigenvalue weighted by Crippen LogP contribution is 2.36. The smallest absolute Gasteiger partial charge is 0.335 e. The number of hydrogen-bond acceptors (Lipinski definition) is 3. The molecular formula is C15H20Cl2F3N3O2. The second-order valence-electron chi connectivity index (χ2n) is 5.33. The van der Waals surface area contributed by atoms with Crippen LogP contribution in [0, 0.1) is 0 Å². The predicted octanol–water partition coefficient (Wildman–Crippen LogP) is 3.30. The standard InChI is InChI=1S/C15H19ClF3N3O2.ClH/c1-3-4-12(20)14(24)22(2)8-13(23)21-9-5-6-11(16)10(7-9)15(17,18)19;/h5-7,12H,3-4,8,20H2,1-2H3,(H,21,23);1H. The average molecular weight is 402 g/mol. The van der Waals surface area contributed by atoms with Crippen molar-refractivity contribution in [3.63, 3.8) is 0 Å². The fourth-order valence-electron chi connectivity index (χ4n) is 2.03. The number of hydrogen-bond donors (Lipinski definition) is 2. The van der Waals surface area contributed by atoms with Gasteiger partial charge in [0, 0.05) is 12.7 Å². The normalized spacial score (nSPS) is 12.1. The van der Waals surface area contributed by atoms with Crippen molar-refractivity contribution in [3.8, 4) is 0 Å². The maximum absolute atomic E-state index is 12.8. The first-order valence-electron chi connectivity index (χ1n) is 7.23. The third-order valence-electron chi connectivity index (χ3n) is 3.23. The Bertz CT molecular complexity index is 612. The molecule has 0 fully saturated rings. The average Bonchev–Trinajstić information content (AvgIpc) is 2.47. The fourth-order valence-corrected chi connectivity index (χ4v) is 2.26. The summed E-state index contributed by atoms with van der Waals surface area (Å²) in [6.45, 7) is 1.55. The molecule has 0 aliphatic heterocycles. The Balaban J connectivity index is 0.00000576. The lowest BCUT2D eigenvalue weighted by atomic mass is 10.1. The van der Waals surface area contributed by atoms with Crippen molar-refractivity contribution >= 4 is 41.5 Å². The molecule has 0 spiro atoms. The number of halogens is 5. The molecule has 0 heterocycles. The quantitative estimate of drug-likeness (QED) is 0.767. The van der Waals surface area contributed by atoms with Crippen LogP contribution in [-0.2, 0) is 15.8 Å². The maximum Gasteiger partial charge on any atom is 0.417 e. The highest BCUT2D eigenvalue weighted by atomic mass is 35.5. The Morgan fingerprint density at radius 1 is 1.36 bits per heavy atom. The van der Waals surface area contributed by atoms with Gasteiger partial charge in [0.2, 0.25) is 11.8 Å². The van der Waals surface area contributed by atoms with Crippen molar-refractivity contribution in [2.75, 3.05) is 18.9 Å². The zero-order valence-corrected chi connectivity index (χ0v) is 15.3. The first kappa shape index (κ1) is 23.5. The van der Waals surface area contributed by atoms with E-state index in [0.717, 1.165) is 23.5 Å². The minimum Gasteiger partial charge on any atom is -0.335 e. The fraction of sp³-hybridized carbons (Fsp3) is 0.467. The van der Waals surface area contributed by atoms with Crippen molar-refractivity contribution in [2.24, 2.45) is 5.73 Å². The van der Waals surface area contributed by atoms with Crippen LogP contribution in [0.3, 0.4) is 0 Å². The topological polar surface area (TPSA) is 75.4 Å². The van der Waals surface area contributed by atoms with Gasteiger partial charge in [-0.15, -0.1) is 12.4 Å². The Hall–Kier alpha value is -1.51. The predicted molar refractivity (Wildman–Crippen MR) is 92.9 cm³/mol. The minimum absolute atomic E-state index is 0. The van der Waals surface area contributed by atoms with Crippen LogP contribution in [0.15, 0.2) is 18.2 Å². The number of likely N-dealkylation sites (N-methyl/N-ethyl adjacent to an activating group) is 1. The highest BCUT2D eigenvalue weighted by molar-refractivity contribution is 6.31. The number of nitrogens with one attached hydrogen (secondary N) is 1. The summed E-state index contributed by atoms with van der Waals surface area (Å²) in [7, 11) is 1.40. The van der Waals surface area contributed by atoms with Gasteiger partial charge >= 0.3 is 6.18 Å². The van der Waals surface area contributed by atoms with E-state index in [2.05, 4.69) is 5.32 Å². The molecule has 142 valence electrons. The minimum atomic E-state index is -4.63. The molecule has 0 aromatic heterocycles. The van der Waals surface area contributed by atoms with Crippen LogP contribution in [0.1, 0.15) is 25.3 Å². The van der Waals surface area contributed by atoms with Gasteiger partial charge in [-0.25, -0.2) is 0 Å². The molecule has 0 bridgehead atoms. The lowest BCUT2D eigenvalue weighted by Crippen LogP contribution is -2.44. The van der Waals surface area contributed by atoms with Gasteiger partial charge in [0.15, 0.2) is 0 Å². The van der Waals surface area contributed by atoms with Gasteiger partial charge in [-0.05, 0) is 24.6 Å². The van der Waals surface area contributed by atoms with E-state index < -0.39 is 34.6 Å². The number of carbonyl (C=O) groups excluding carboxylic acids is 2. The van der Waals surface area contributed by atoms with E-state index in [4.69, 9.17) is 17.3 Å². The first-order chi connectivity index (χ1) is 11.1. The summed E-state index contributed by atoms with van der Waals surface area (Å²) in [5.74, 6) is -1.04. The molecule has 0 saturated heterocycles. The van der Waals surface area contributed by atoms with E-state index in [9.17, 15) is 22.8 Å². The molecule has 1 unspecified atom stereocenters. The van der Waals surface area contributed by atoms with E-state index in [1.165, 1.54) is 13.1 Å². The van der Waals surface area contributed by atoms with Crippen LogP contribution in [0.4, 0.5) is 18.9 Å². The number of rotatable bonds is 6. The van der Waals surface area contributed by atoms with Gasteiger partial charge in [-0.2, -0.15) is 13.2 Å². The molecule has 10 heteroatoms. The maximum atomic E-state index is 12.8. The molecule has 1 rings (SSSR count). The Labute approximate surface area is 155 Å². The Morgan fingerprint density at radius 2 is 1.96 bits per heavy atom. The zero-order valence-electron chi connectivity index (χ0n) is 13.7. The third-order valence-corrected chi connectivity index (χ3v) is 3.56. The van der Waals surface area contributed by atoms with Gasteiger partial charge < -0.3 is 16.0 Å². The summed E-state index contributed by atoms with van der Waals surface area (Å²) in [6, 6.07) is 2.33. The molecular weight excluding hydrogens is 382 g/mol. The van der Waals surface area contributed by atoms with Crippen molar-refractivity contribution in [1.29, 1.82) is 0 Å². The van der Waals surface area contributed by atoms with Gasteiger partial charge in [-0.1, -0.05) is 24.9 Å². The number of carbonyl (C=O) groups is 2. The van der Waals surface area contributed by atoms with E-state index in [1.807, 2.05) is 6.92 Å². The van der Waals surface area contributed by atoms with Crippen LogP contribution in [-0.4, -0.2) is 36.3 Å². The monoisotopic (exact) mass is 401 g/mol. The molecule has 1 aromatic rings. The Kier molecular flexibility index (Phi) is 9.24. The van der Waals surface area contributed by atoms with Crippen LogP contribution < -0.4 is 11.1 Å². The van der Waals surface area contributed by atoms with Crippen molar-refractivity contribution in [2.45, 2.75) is 32.0 Å². The summed E-state index contributed by atoms with van der Waals surface area (Å²) >= 11 is 5.51. The van der Waals surface area contributed by atoms with E-state index in [1.54, 1.807) is 0 Å². The highest BCUT2D eigenvalue weighted by Gasteiger charge is 2.33. The summed E-state index contributed by atoms with van der Waals surface area (Å²) in [6.07, 6.45) is -3.42. The molecule has 5 nitrogen and oxygen atoms in total. The lowest BCUT2D eigenvalue weighted by Gasteiger charge is -2.20. The number of alkyl halides is 3. The number of anilines is 1. The largest absolute Gasteiger partial charge is 0.417 e. The van der Waals surface area contributed by atoms with Crippen LogP contribution in [0.25, 0.3) is 0 Å². The summed E-state index contributed by atoms with van der Waals surface area (Å²) in [4.78, 5) is 24.9. The van der Waals surface area contributed by atoms with E-state index >= 15 is 0 Å². The van der Waals surface area contributed by atoms with Crippen LogP contribution in [0.5, 0.6) is 0 Å². The summed E-state index contributed by atoms with van der Waals surface area (Å²) in [5.41, 5.74) is 4.57. The summed E-state index contributed by atoms with van der Waals surface area (Å²) < 4.78 is 38.3. The molecule has 0 radical (unpaired) electrons. The number of nitrogens with zero attached hydrogens (tertiary/aromatic N) is 1. The molecule has 0 saturated carbocycles. The number of nitrogens with two attached hydrogens (primary N) is 1. The van der Waals surface area contributed by atoms with Gasteiger partial charge in [0.05, 0.1) is 23.2 Å². The SMILES string of the molecule is CCCC(N)C(=O)N(C)CC(=O)Nc1ccc(Cl)c(C(F)(F)F)c1.Cl. The lowest BCUT2D eigenvalue weighted by molar-refractivity contribution is -0.137. The van der Waals surface area contributed by atoms with E-state index in [0.29, 0.717) is 6.42 Å². The Morgan fingerprint density at radius 3 is 2.48 bits per heavy atom. The number of amides is 2. The molecule has 25 heavy (non-hydrogen) atoms. The molecule has 0 aliphatic carbocycles. The van der Waals surface area contributed by atoms with Crippen LogP contribution >= 0.6 is 24.0 Å². The molecule has 1 atom stereocenters. The van der Waals surface area contributed by atoms with E-state index in [-0.39, 0.29) is 24.6 Å². The molecule has 0 aliphatic rings. The summed E-state index contributed by atoms with van der Waals surface area (Å²) in [5, 5.41) is 1.85.